The first-order valence-corrected chi connectivity index (χ1v) is 7.29. The van der Waals surface area contributed by atoms with Crippen molar-refractivity contribution in [2.45, 2.75) is 20.4 Å². The zero-order valence-electron chi connectivity index (χ0n) is 13.5. The van der Waals surface area contributed by atoms with Gasteiger partial charge >= 0.3 is 5.97 Å². The van der Waals surface area contributed by atoms with Gasteiger partial charge in [0.05, 0.1) is 5.56 Å². The molecule has 0 aliphatic rings. The van der Waals surface area contributed by atoms with Gasteiger partial charge in [-0.1, -0.05) is 26.0 Å². The van der Waals surface area contributed by atoms with Crippen molar-refractivity contribution in [1.29, 1.82) is 0 Å². The fourth-order valence-corrected chi connectivity index (χ4v) is 2.35. The Labute approximate surface area is 127 Å². The van der Waals surface area contributed by atoms with Crippen molar-refractivity contribution in [3.05, 3.63) is 29.3 Å². The van der Waals surface area contributed by atoms with Gasteiger partial charge in [0.2, 0.25) is 0 Å². The number of nitrogen functional groups attached to an aromatic ring is 1. The number of rotatable bonds is 8. The zero-order chi connectivity index (χ0) is 16.0. The van der Waals surface area contributed by atoms with E-state index in [0.29, 0.717) is 18.2 Å². The SMILES string of the molecule is CC(C)CN(CCN(C)C)Cc1cccc(N)c1C(=O)O. The van der Waals surface area contributed by atoms with Crippen LogP contribution in [0.3, 0.4) is 0 Å². The fourth-order valence-electron chi connectivity index (χ4n) is 2.35. The van der Waals surface area contributed by atoms with Gasteiger partial charge in [-0.25, -0.2) is 4.79 Å². The van der Waals surface area contributed by atoms with Gasteiger partial charge in [-0.2, -0.15) is 0 Å². The third-order valence-corrected chi connectivity index (χ3v) is 3.28. The molecule has 1 aromatic rings. The van der Waals surface area contributed by atoms with Gasteiger partial charge < -0.3 is 15.7 Å². The average molecular weight is 293 g/mol. The van der Waals surface area contributed by atoms with Crippen LogP contribution in [0.4, 0.5) is 5.69 Å². The topological polar surface area (TPSA) is 69.8 Å². The van der Waals surface area contributed by atoms with Crippen molar-refractivity contribution < 1.29 is 9.90 Å². The van der Waals surface area contributed by atoms with Gasteiger partial charge in [-0.3, -0.25) is 4.90 Å². The number of likely N-dealkylation sites (N-methyl/N-ethyl adjacent to an activating group) is 1. The second-order valence-corrected chi connectivity index (χ2v) is 6.12. The van der Waals surface area contributed by atoms with E-state index in [1.807, 2.05) is 26.2 Å². The molecular formula is C16H27N3O2. The van der Waals surface area contributed by atoms with Crippen LogP contribution in [0.15, 0.2) is 18.2 Å². The summed E-state index contributed by atoms with van der Waals surface area (Å²) in [5, 5.41) is 9.35. The van der Waals surface area contributed by atoms with E-state index in [2.05, 4.69) is 23.6 Å². The molecular weight excluding hydrogens is 266 g/mol. The summed E-state index contributed by atoms with van der Waals surface area (Å²) in [5.41, 5.74) is 7.16. The van der Waals surface area contributed by atoms with Gasteiger partial charge in [-0.05, 0) is 31.6 Å². The lowest BCUT2D eigenvalue weighted by Gasteiger charge is -2.26. The van der Waals surface area contributed by atoms with Gasteiger partial charge in [0.15, 0.2) is 0 Å². The Kier molecular flexibility index (Phi) is 6.65. The fraction of sp³-hybridized carbons (Fsp3) is 0.562. The number of hydrogen-bond donors (Lipinski definition) is 2. The summed E-state index contributed by atoms with van der Waals surface area (Å²) < 4.78 is 0. The molecule has 5 heteroatoms. The Morgan fingerprint density at radius 3 is 2.48 bits per heavy atom. The lowest BCUT2D eigenvalue weighted by atomic mass is 10.0. The minimum atomic E-state index is -0.958. The molecule has 118 valence electrons. The standard InChI is InChI=1S/C16H27N3O2/c1-12(2)10-19(9-8-18(3)4)11-13-6-5-7-14(17)15(13)16(20)21/h5-7,12H,8-11,17H2,1-4H3,(H,20,21). The van der Waals surface area contributed by atoms with E-state index in [9.17, 15) is 9.90 Å². The molecule has 0 spiro atoms. The summed E-state index contributed by atoms with van der Waals surface area (Å²) in [6.07, 6.45) is 0. The molecule has 5 nitrogen and oxygen atoms in total. The van der Waals surface area contributed by atoms with E-state index in [1.165, 1.54) is 0 Å². The number of carboxylic acid groups (broad SMARTS) is 1. The van der Waals surface area contributed by atoms with Crippen LogP contribution in [-0.4, -0.2) is 54.6 Å². The van der Waals surface area contributed by atoms with Crippen molar-refractivity contribution in [3.63, 3.8) is 0 Å². The number of nitrogens with zero attached hydrogens (tertiary/aromatic N) is 2. The Hall–Kier alpha value is -1.59. The maximum atomic E-state index is 11.4. The van der Waals surface area contributed by atoms with Gasteiger partial charge in [0.25, 0.3) is 0 Å². The third kappa shape index (κ3) is 5.73. The highest BCUT2D eigenvalue weighted by Crippen LogP contribution is 2.19. The number of hydrogen-bond acceptors (Lipinski definition) is 4. The summed E-state index contributed by atoms with van der Waals surface area (Å²) in [4.78, 5) is 15.8. The Bertz CT molecular complexity index is 473. The van der Waals surface area contributed by atoms with Crippen LogP contribution in [0.25, 0.3) is 0 Å². The van der Waals surface area contributed by atoms with Crippen molar-refractivity contribution >= 4 is 11.7 Å². The predicted molar refractivity (Wildman–Crippen MR) is 86.5 cm³/mol. The Balaban J connectivity index is 2.92. The molecule has 0 saturated heterocycles. The molecule has 0 aliphatic carbocycles. The number of carboxylic acids is 1. The Morgan fingerprint density at radius 1 is 1.29 bits per heavy atom. The van der Waals surface area contributed by atoms with Crippen LogP contribution < -0.4 is 5.73 Å². The summed E-state index contributed by atoms with van der Waals surface area (Å²) in [6.45, 7) is 7.72. The van der Waals surface area contributed by atoms with Crippen molar-refractivity contribution in [3.8, 4) is 0 Å². The quantitative estimate of drug-likeness (QED) is 0.717. The highest BCUT2D eigenvalue weighted by molar-refractivity contribution is 5.95. The molecule has 0 amide bonds. The molecule has 0 aliphatic heterocycles. The van der Waals surface area contributed by atoms with E-state index in [1.54, 1.807) is 6.07 Å². The highest BCUT2D eigenvalue weighted by Gasteiger charge is 2.17. The molecule has 0 saturated carbocycles. The van der Waals surface area contributed by atoms with E-state index < -0.39 is 5.97 Å². The predicted octanol–water partition coefficient (Wildman–Crippen LogP) is 1.99. The van der Waals surface area contributed by atoms with E-state index in [4.69, 9.17) is 5.73 Å². The molecule has 0 unspecified atom stereocenters. The van der Waals surface area contributed by atoms with E-state index in [-0.39, 0.29) is 5.56 Å². The summed E-state index contributed by atoms with van der Waals surface area (Å²) in [7, 11) is 4.08. The normalized spacial score (nSPS) is 11.6. The van der Waals surface area contributed by atoms with Crippen LogP contribution in [0.5, 0.6) is 0 Å². The molecule has 0 heterocycles. The first-order valence-electron chi connectivity index (χ1n) is 7.29. The molecule has 21 heavy (non-hydrogen) atoms. The van der Waals surface area contributed by atoms with E-state index in [0.717, 1.165) is 25.2 Å². The maximum Gasteiger partial charge on any atom is 0.338 e. The molecule has 3 N–H and O–H groups in total. The van der Waals surface area contributed by atoms with Gasteiger partial charge in [-0.15, -0.1) is 0 Å². The number of aromatic carboxylic acids is 1. The minimum absolute atomic E-state index is 0.233. The van der Waals surface area contributed by atoms with Crippen LogP contribution >= 0.6 is 0 Å². The number of benzene rings is 1. The lowest BCUT2D eigenvalue weighted by Crippen LogP contribution is -2.34. The molecule has 0 radical (unpaired) electrons. The van der Waals surface area contributed by atoms with Crippen molar-refractivity contribution in [2.75, 3.05) is 39.5 Å². The monoisotopic (exact) mass is 293 g/mol. The first kappa shape index (κ1) is 17.5. The third-order valence-electron chi connectivity index (χ3n) is 3.28. The average Bonchev–Trinajstić information content (AvgIpc) is 2.34. The Morgan fingerprint density at radius 2 is 1.95 bits per heavy atom. The molecule has 0 bridgehead atoms. The smallest absolute Gasteiger partial charge is 0.338 e. The second kappa shape index (κ2) is 8.00. The minimum Gasteiger partial charge on any atom is -0.478 e. The molecule has 1 rings (SSSR count). The largest absolute Gasteiger partial charge is 0.478 e. The molecule has 0 fully saturated rings. The van der Waals surface area contributed by atoms with Crippen molar-refractivity contribution in [1.82, 2.24) is 9.80 Å². The van der Waals surface area contributed by atoms with E-state index >= 15 is 0 Å². The van der Waals surface area contributed by atoms with Crippen LogP contribution in [0.1, 0.15) is 29.8 Å². The van der Waals surface area contributed by atoms with Crippen LogP contribution in [0.2, 0.25) is 0 Å². The number of carbonyl (C=O) groups is 1. The van der Waals surface area contributed by atoms with Crippen LogP contribution in [-0.2, 0) is 6.54 Å². The molecule has 0 aromatic heterocycles. The number of anilines is 1. The molecule has 0 atom stereocenters. The highest BCUT2D eigenvalue weighted by atomic mass is 16.4. The maximum absolute atomic E-state index is 11.4. The van der Waals surface area contributed by atoms with Gasteiger partial charge in [0, 0.05) is 31.9 Å². The number of nitrogens with two attached hydrogens (primary N) is 1. The van der Waals surface area contributed by atoms with Crippen LogP contribution in [0, 0.1) is 5.92 Å². The van der Waals surface area contributed by atoms with Gasteiger partial charge in [0.1, 0.15) is 0 Å². The molecule has 1 aromatic carbocycles. The summed E-state index contributed by atoms with van der Waals surface area (Å²) in [5.74, 6) is -0.429. The zero-order valence-corrected chi connectivity index (χ0v) is 13.5. The first-order chi connectivity index (χ1) is 9.81. The second-order valence-electron chi connectivity index (χ2n) is 6.12. The summed E-state index contributed by atoms with van der Waals surface area (Å²) in [6, 6.07) is 5.30. The van der Waals surface area contributed by atoms with Crippen molar-refractivity contribution in [2.24, 2.45) is 5.92 Å². The lowest BCUT2D eigenvalue weighted by molar-refractivity contribution is 0.0695. The summed E-state index contributed by atoms with van der Waals surface area (Å²) >= 11 is 0.